The third-order valence-electron chi connectivity index (χ3n) is 3.57. The molecule has 0 bridgehead atoms. The van der Waals surface area contributed by atoms with Crippen molar-refractivity contribution in [1.29, 1.82) is 0 Å². The number of rotatable bonds is 4. The van der Waals surface area contributed by atoms with Gasteiger partial charge in [0.1, 0.15) is 11.6 Å². The largest absolute Gasteiger partial charge is 0.299 e. The number of tetrazole rings is 2. The lowest BCUT2D eigenvalue weighted by Crippen LogP contribution is -2.23. The number of carbonyl (C=O) groups excluding carboxylic acids is 2. The highest BCUT2D eigenvalue weighted by molar-refractivity contribution is 5.85. The summed E-state index contributed by atoms with van der Waals surface area (Å²) in [5.41, 5.74) is -0.662. The molecule has 0 radical (unpaired) electrons. The molecule has 0 fully saturated rings. The molecule has 2 aromatic rings. The number of nitrogens with zero attached hydrogens (tertiary/aromatic N) is 8. The van der Waals surface area contributed by atoms with Gasteiger partial charge in [-0.25, -0.2) is 4.68 Å². The maximum Gasteiger partial charge on any atom is 0.182 e. The van der Waals surface area contributed by atoms with Crippen LogP contribution in [0.15, 0.2) is 0 Å². The van der Waals surface area contributed by atoms with Crippen LogP contribution >= 0.6 is 0 Å². The Kier molecular flexibility index (Phi) is 6.82. The van der Waals surface area contributed by atoms with E-state index in [1.165, 1.54) is 9.48 Å². The highest BCUT2D eigenvalue weighted by atomic mass is 16.1. The summed E-state index contributed by atoms with van der Waals surface area (Å²) in [6, 6.07) is 0. The minimum Gasteiger partial charge on any atom is -0.299 e. The van der Waals surface area contributed by atoms with E-state index in [1.807, 2.05) is 41.5 Å². The van der Waals surface area contributed by atoms with Gasteiger partial charge < -0.3 is 0 Å². The van der Waals surface area contributed by atoms with Gasteiger partial charge in [0.25, 0.3) is 0 Å². The summed E-state index contributed by atoms with van der Waals surface area (Å²) in [7, 11) is 3.41. The van der Waals surface area contributed by atoms with Gasteiger partial charge in [0.2, 0.25) is 0 Å². The van der Waals surface area contributed by atoms with E-state index < -0.39 is 0 Å². The average molecular weight is 364 g/mol. The first-order chi connectivity index (χ1) is 11.8. The smallest absolute Gasteiger partial charge is 0.182 e. The van der Waals surface area contributed by atoms with Gasteiger partial charge in [0, 0.05) is 17.9 Å². The van der Waals surface area contributed by atoms with E-state index in [4.69, 9.17) is 0 Å². The van der Waals surface area contributed by atoms with Crippen molar-refractivity contribution in [1.82, 2.24) is 40.4 Å². The standard InChI is InChI=1S/2C8H14N4O/c1-8(2,3)6(13)5-7-9-10-11-12(7)4;1-8(2,3)6(13)5-7-9-11-12(4)10-7/h2*5H2,1-4H3. The molecule has 26 heavy (non-hydrogen) atoms. The highest BCUT2D eigenvalue weighted by Gasteiger charge is 2.23. The van der Waals surface area contributed by atoms with Crippen LogP contribution in [0.25, 0.3) is 0 Å². The van der Waals surface area contributed by atoms with Crippen LogP contribution in [0.3, 0.4) is 0 Å². The summed E-state index contributed by atoms with van der Waals surface area (Å²) in [6.45, 7) is 11.3. The lowest BCUT2D eigenvalue weighted by molar-refractivity contribution is -0.126. The van der Waals surface area contributed by atoms with Gasteiger partial charge in [-0.1, -0.05) is 41.5 Å². The second-order valence-electron chi connectivity index (χ2n) is 8.11. The molecule has 10 nitrogen and oxygen atoms in total. The average Bonchev–Trinajstić information content (AvgIpc) is 3.07. The van der Waals surface area contributed by atoms with Crippen molar-refractivity contribution in [3.63, 3.8) is 0 Å². The van der Waals surface area contributed by atoms with E-state index in [1.54, 1.807) is 14.1 Å². The summed E-state index contributed by atoms with van der Waals surface area (Å²) < 4.78 is 1.52. The minimum atomic E-state index is -0.334. The second kappa shape index (κ2) is 8.24. The third kappa shape index (κ3) is 6.77. The Hall–Kier alpha value is -2.52. The van der Waals surface area contributed by atoms with Crippen molar-refractivity contribution in [3.8, 4) is 0 Å². The predicted octanol–water partition coefficient (Wildman–Crippen LogP) is 0.736. The molecule has 0 aliphatic heterocycles. The topological polar surface area (TPSA) is 121 Å². The van der Waals surface area contributed by atoms with E-state index in [2.05, 4.69) is 30.9 Å². The Morgan fingerprint density at radius 2 is 1.38 bits per heavy atom. The van der Waals surface area contributed by atoms with Gasteiger partial charge in [-0.05, 0) is 15.6 Å². The van der Waals surface area contributed by atoms with Crippen molar-refractivity contribution in [2.24, 2.45) is 24.9 Å². The number of hydrogen-bond acceptors (Lipinski definition) is 8. The molecule has 144 valence electrons. The highest BCUT2D eigenvalue weighted by Crippen LogP contribution is 2.17. The van der Waals surface area contributed by atoms with Gasteiger partial charge in [0.15, 0.2) is 11.6 Å². The number of hydrogen-bond donors (Lipinski definition) is 0. The Morgan fingerprint density at radius 1 is 0.846 bits per heavy atom. The van der Waals surface area contributed by atoms with E-state index >= 15 is 0 Å². The molecular formula is C16H28N8O2. The molecule has 0 spiro atoms. The van der Waals surface area contributed by atoms with Crippen LogP contribution in [0.4, 0.5) is 0 Å². The fourth-order valence-corrected chi connectivity index (χ4v) is 1.61. The number of Topliss-reactive ketones (excluding diaryl/α,β-unsaturated/α-hetero) is 2. The van der Waals surface area contributed by atoms with Crippen LogP contribution in [0, 0.1) is 10.8 Å². The summed E-state index contributed by atoms with van der Waals surface area (Å²) in [5.74, 6) is 1.37. The zero-order chi connectivity index (χ0) is 20.1. The zero-order valence-corrected chi connectivity index (χ0v) is 16.8. The van der Waals surface area contributed by atoms with Gasteiger partial charge in [-0.15, -0.1) is 15.3 Å². The summed E-state index contributed by atoms with van der Waals surface area (Å²) in [6.07, 6.45) is 0.560. The lowest BCUT2D eigenvalue weighted by atomic mass is 9.89. The first-order valence-corrected chi connectivity index (χ1v) is 8.31. The molecule has 0 amide bonds. The second-order valence-corrected chi connectivity index (χ2v) is 8.11. The van der Waals surface area contributed by atoms with Crippen molar-refractivity contribution in [2.75, 3.05) is 0 Å². The lowest BCUT2D eigenvalue weighted by Gasteiger charge is -2.15. The molecule has 0 atom stereocenters. The summed E-state index contributed by atoms with van der Waals surface area (Å²) in [5, 5.41) is 22.2. The van der Waals surface area contributed by atoms with Crippen LogP contribution in [0.5, 0.6) is 0 Å². The Morgan fingerprint density at radius 3 is 1.77 bits per heavy atom. The zero-order valence-electron chi connectivity index (χ0n) is 16.8. The number of ketones is 2. The summed E-state index contributed by atoms with van der Waals surface area (Å²) in [4.78, 5) is 24.5. The quantitative estimate of drug-likeness (QED) is 0.778. The monoisotopic (exact) mass is 364 g/mol. The number of aryl methyl sites for hydroxylation is 2. The molecule has 2 heterocycles. The van der Waals surface area contributed by atoms with E-state index in [0.29, 0.717) is 18.1 Å². The molecule has 10 heteroatoms. The van der Waals surface area contributed by atoms with E-state index in [0.717, 1.165) is 0 Å². The van der Waals surface area contributed by atoms with Crippen LogP contribution < -0.4 is 0 Å². The normalized spacial score (nSPS) is 11.7. The van der Waals surface area contributed by atoms with Crippen molar-refractivity contribution in [2.45, 2.75) is 54.4 Å². The molecule has 2 aromatic heterocycles. The molecule has 2 rings (SSSR count). The number of carbonyl (C=O) groups is 2. The Balaban J connectivity index is 0.000000260. The molecule has 0 unspecified atom stereocenters. The maximum atomic E-state index is 11.6. The maximum absolute atomic E-state index is 11.6. The van der Waals surface area contributed by atoms with Gasteiger partial charge in [0.05, 0.1) is 19.9 Å². The molecule has 0 saturated heterocycles. The summed E-state index contributed by atoms with van der Waals surface area (Å²) >= 11 is 0. The Bertz CT molecular complexity index is 749. The molecule has 0 aromatic carbocycles. The third-order valence-corrected chi connectivity index (χ3v) is 3.57. The SMILES string of the molecule is Cn1nnc(CC(=O)C(C)(C)C)n1.Cn1nnnc1CC(=O)C(C)(C)C. The molecule has 0 N–H and O–H groups in total. The minimum absolute atomic E-state index is 0.125. The van der Waals surface area contributed by atoms with Gasteiger partial charge in [-0.3, -0.25) is 9.59 Å². The van der Waals surface area contributed by atoms with Gasteiger partial charge in [-0.2, -0.15) is 4.80 Å². The van der Waals surface area contributed by atoms with Crippen molar-refractivity contribution >= 4 is 11.6 Å². The molecule has 0 saturated carbocycles. The fourth-order valence-electron chi connectivity index (χ4n) is 1.61. The van der Waals surface area contributed by atoms with Crippen molar-refractivity contribution in [3.05, 3.63) is 11.6 Å². The van der Waals surface area contributed by atoms with E-state index in [-0.39, 0.29) is 28.8 Å². The van der Waals surface area contributed by atoms with Crippen LogP contribution in [0.1, 0.15) is 53.2 Å². The molecular weight excluding hydrogens is 336 g/mol. The molecule has 0 aliphatic rings. The van der Waals surface area contributed by atoms with Crippen molar-refractivity contribution < 1.29 is 9.59 Å². The molecule has 0 aliphatic carbocycles. The van der Waals surface area contributed by atoms with E-state index in [9.17, 15) is 9.59 Å². The van der Waals surface area contributed by atoms with Crippen LogP contribution in [0.2, 0.25) is 0 Å². The first kappa shape index (κ1) is 21.5. The predicted molar refractivity (Wildman–Crippen MR) is 93.9 cm³/mol. The fraction of sp³-hybridized carbons (Fsp3) is 0.750. The van der Waals surface area contributed by atoms with Gasteiger partial charge >= 0.3 is 0 Å². The van der Waals surface area contributed by atoms with Crippen LogP contribution in [-0.2, 0) is 36.5 Å². The number of aromatic nitrogens is 8. The Labute approximate surface area is 153 Å². The first-order valence-electron chi connectivity index (χ1n) is 8.31. The van der Waals surface area contributed by atoms with Crippen LogP contribution in [-0.4, -0.2) is 52.0 Å².